The van der Waals surface area contributed by atoms with Crippen LogP contribution in [0.1, 0.15) is 19.8 Å². The molecule has 1 rings (SSSR count). The summed E-state index contributed by atoms with van der Waals surface area (Å²) in [5.41, 5.74) is -1.09. The SMILES string of the molecule is CCOC(=O)C1(C(=O)OCl)CC1. The van der Waals surface area contributed by atoms with Crippen LogP contribution in [0.25, 0.3) is 0 Å². The molecule has 68 valence electrons. The zero-order valence-electron chi connectivity index (χ0n) is 6.63. The van der Waals surface area contributed by atoms with E-state index in [9.17, 15) is 9.59 Å². The average Bonchev–Trinajstić information content (AvgIpc) is 2.84. The lowest BCUT2D eigenvalue weighted by Crippen LogP contribution is -2.28. The second kappa shape index (κ2) is 3.31. The maximum Gasteiger partial charge on any atom is 0.341 e. The van der Waals surface area contributed by atoms with Gasteiger partial charge in [0.1, 0.15) is 11.9 Å². The van der Waals surface area contributed by atoms with Crippen LogP contribution in [-0.4, -0.2) is 18.5 Å². The first-order valence-electron chi connectivity index (χ1n) is 3.67. The van der Waals surface area contributed by atoms with Crippen molar-refractivity contribution in [3.05, 3.63) is 0 Å². The third-order valence-electron chi connectivity index (χ3n) is 1.88. The summed E-state index contributed by atoms with van der Waals surface area (Å²) in [5, 5.41) is 0. The summed E-state index contributed by atoms with van der Waals surface area (Å²) in [5.74, 6) is -1.24. The summed E-state index contributed by atoms with van der Waals surface area (Å²) in [6.07, 6.45) is 0.939. The van der Waals surface area contributed by atoms with Crippen LogP contribution < -0.4 is 0 Å². The van der Waals surface area contributed by atoms with Crippen molar-refractivity contribution in [1.29, 1.82) is 0 Å². The Morgan fingerprint density at radius 3 is 2.33 bits per heavy atom. The van der Waals surface area contributed by atoms with Crippen LogP contribution >= 0.6 is 11.9 Å². The van der Waals surface area contributed by atoms with E-state index in [1.807, 2.05) is 0 Å². The highest BCUT2D eigenvalue weighted by Gasteiger charge is 2.59. The Kier molecular flexibility index (Phi) is 2.57. The van der Waals surface area contributed by atoms with Crippen LogP contribution in [0.5, 0.6) is 0 Å². The van der Waals surface area contributed by atoms with Gasteiger partial charge in [0.05, 0.1) is 6.61 Å². The Morgan fingerprint density at radius 1 is 1.42 bits per heavy atom. The molecule has 1 saturated carbocycles. The molecule has 12 heavy (non-hydrogen) atoms. The molecule has 0 amide bonds. The van der Waals surface area contributed by atoms with E-state index < -0.39 is 17.4 Å². The van der Waals surface area contributed by atoms with Gasteiger partial charge in [-0.2, -0.15) is 0 Å². The van der Waals surface area contributed by atoms with E-state index in [2.05, 4.69) is 4.29 Å². The van der Waals surface area contributed by atoms with Crippen molar-refractivity contribution in [2.45, 2.75) is 19.8 Å². The summed E-state index contributed by atoms with van der Waals surface area (Å²) >= 11 is 4.86. The normalized spacial score (nSPS) is 18.2. The van der Waals surface area contributed by atoms with Crippen LogP contribution in [0.4, 0.5) is 0 Å². The van der Waals surface area contributed by atoms with Crippen molar-refractivity contribution >= 4 is 23.8 Å². The molecule has 0 saturated heterocycles. The first-order chi connectivity index (χ1) is 5.67. The van der Waals surface area contributed by atoms with Gasteiger partial charge in [-0.1, -0.05) is 0 Å². The molecule has 0 aromatic heterocycles. The first-order valence-corrected chi connectivity index (χ1v) is 3.98. The molecule has 0 radical (unpaired) electrons. The topological polar surface area (TPSA) is 52.6 Å². The Hall–Kier alpha value is -0.770. The summed E-state index contributed by atoms with van der Waals surface area (Å²) in [6.45, 7) is 1.94. The van der Waals surface area contributed by atoms with E-state index in [4.69, 9.17) is 16.6 Å². The van der Waals surface area contributed by atoms with Crippen molar-refractivity contribution in [3.8, 4) is 0 Å². The smallest absolute Gasteiger partial charge is 0.341 e. The molecule has 0 unspecified atom stereocenters. The van der Waals surface area contributed by atoms with Gasteiger partial charge >= 0.3 is 11.9 Å². The molecular weight excluding hydrogens is 184 g/mol. The highest BCUT2D eigenvalue weighted by Crippen LogP contribution is 2.48. The number of hydrogen-bond acceptors (Lipinski definition) is 4. The van der Waals surface area contributed by atoms with E-state index in [1.54, 1.807) is 6.92 Å². The van der Waals surface area contributed by atoms with Crippen LogP contribution in [0, 0.1) is 5.41 Å². The summed E-state index contributed by atoms with van der Waals surface area (Å²) in [7, 11) is 0. The monoisotopic (exact) mass is 192 g/mol. The lowest BCUT2D eigenvalue weighted by Gasteiger charge is -2.08. The molecule has 0 heterocycles. The quantitative estimate of drug-likeness (QED) is 0.495. The minimum Gasteiger partial charge on any atom is -0.465 e. The predicted octanol–water partition coefficient (Wildman–Crippen LogP) is 1.03. The molecule has 1 aliphatic rings. The molecule has 0 bridgehead atoms. The number of ether oxygens (including phenoxy) is 1. The van der Waals surface area contributed by atoms with E-state index >= 15 is 0 Å². The third kappa shape index (κ3) is 1.39. The zero-order valence-corrected chi connectivity index (χ0v) is 7.39. The van der Waals surface area contributed by atoms with E-state index in [1.165, 1.54) is 0 Å². The van der Waals surface area contributed by atoms with Gasteiger partial charge in [-0.05, 0) is 19.8 Å². The summed E-state index contributed by atoms with van der Waals surface area (Å²) in [4.78, 5) is 22.1. The molecule has 0 aromatic rings. The fourth-order valence-corrected chi connectivity index (χ4v) is 1.11. The van der Waals surface area contributed by atoms with Crippen LogP contribution in [0.15, 0.2) is 0 Å². The second-order valence-corrected chi connectivity index (χ2v) is 2.82. The molecule has 0 aliphatic heterocycles. The number of carbonyl (C=O) groups is 2. The lowest BCUT2D eigenvalue weighted by molar-refractivity contribution is -0.159. The van der Waals surface area contributed by atoms with Gasteiger partial charge < -0.3 is 9.03 Å². The maximum atomic E-state index is 11.1. The van der Waals surface area contributed by atoms with Crippen molar-refractivity contribution in [1.82, 2.24) is 0 Å². The fraction of sp³-hybridized carbons (Fsp3) is 0.714. The van der Waals surface area contributed by atoms with Crippen LogP contribution in [0.3, 0.4) is 0 Å². The summed E-state index contributed by atoms with van der Waals surface area (Å²) in [6, 6.07) is 0. The molecular formula is C7H9ClO4. The Morgan fingerprint density at radius 2 is 2.00 bits per heavy atom. The van der Waals surface area contributed by atoms with Crippen LogP contribution in [0.2, 0.25) is 0 Å². The lowest BCUT2D eigenvalue weighted by atomic mass is 10.1. The van der Waals surface area contributed by atoms with Gasteiger partial charge in [-0.15, -0.1) is 0 Å². The van der Waals surface area contributed by atoms with E-state index in [0.29, 0.717) is 12.8 Å². The Bertz CT molecular complexity index is 209. The van der Waals surface area contributed by atoms with Gasteiger partial charge in [0.2, 0.25) is 0 Å². The first kappa shape index (κ1) is 9.32. The second-order valence-electron chi connectivity index (χ2n) is 2.67. The standard InChI is InChI=1S/C7H9ClO4/c1-2-11-5(9)7(3-4-7)6(10)12-8/h2-4H2,1H3. The molecule has 0 aromatic carbocycles. The average molecular weight is 193 g/mol. The van der Waals surface area contributed by atoms with Gasteiger partial charge in [0.15, 0.2) is 5.41 Å². The minimum atomic E-state index is -1.09. The molecule has 1 fully saturated rings. The number of carbonyl (C=O) groups excluding carboxylic acids is 2. The molecule has 0 spiro atoms. The number of hydrogen-bond donors (Lipinski definition) is 0. The highest BCUT2D eigenvalue weighted by molar-refractivity contribution is 6.17. The van der Waals surface area contributed by atoms with Gasteiger partial charge in [-0.3, -0.25) is 4.79 Å². The minimum absolute atomic E-state index is 0.260. The molecule has 0 N–H and O–H groups in total. The Balaban J connectivity index is 2.60. The van der Waals surface area contributed by atoms with Crippen molar-refractivity contribution in [3.63, 3.8) is 0 Å². The number of halogens is 1. The van der Waals surface area contributed by atoms with Crippen molar-refractivity contribution in [2.75, 3.05) is 6.61 Å². The predicted molar refractivity (Wildman–Crippen MR) is 40.2 cm³/mol. The molecule has 4 nitrogen and oxygen atoms in total. The summed E-state index contributed by atoms with van der Waals surface area (Å²) < 4.78 is 8.67. The molecule has 1 aliphatic carbocycles. The van der Waals surface area contributed by atoms with Crippen molar-refractivity contribution in [2.24, 2.45) is 5.41 Å². The van der Waals surface area contributed by atoms with Gasteiger partial charge in [0.25, 0.3) is 0 Å². The highest BCUT2D eigenvalue weighted by atomic mass is 35.5. The number of esters is 1. The van der Waals surface area contributed by atoms with Gasteiger partial charge in [0, 0.05) is 0 Å². The zero-order chi connectivity index (χ0) is 9.19. The van der Waals surface area contributed by atoms with Crippen LogP contribution in [-0.2, 0) is 18.6 Å². The molecule has 0 atom stereocenters. The third-order valence-corrected chi connectivity index (χ3v) is 2.02. The van der Waals surface area contributed by atoms with E-state index in [-0.39, 0.29) is 6.61 Å². The van der Waals surface area contributed by atoms with E-state index in [0.717, 1.165) is 0 Å². The van der Waals surface area contributed by atoms with Crippen molar-refractivity contribution < 1.29 is 18.6 Å². The molecule has 5 heteroatoms. The fourth-order valence-electron chi connectivity index (χ4n) is 0.960. The number of rotatable bonds is 3. The Labute approximate surface area is 74.9 Å². The largest absolute Gasteiger partial charge is 0.465 e. The maximum absolute atomic E-state index is 11.1. The van der Waals surface area contributed by atoms with Gasteiger partial charge in [-0.25, -0.2) is 4.79 Å².